The zero-order valence-electron chi connectivity index (χ0n) is 16.8. The van der Waals surface area contributed by atoms with Crippen molar-refractivity contribution in [2.24, 2.45) is 0 Å². The molecule has 1 aliphatic rings. The van der Waals surface area contributed by atoms with Gasteiger partial charge in [0.15, 0.2) is 6.23 Å². The highest BCUT2D eigenvalue weighted by Crippen LogP contribution is 2.41. The smallest absolute Gasteiger partial charge is 0.166 e. The van der Waals surface area contributed by atoms with Crippen molar-refractivity contribution in [3.8, 4) is 11.8 Å². The molecule has 4 rings (SSSR count). The fourth-order valence-corrected chi connectivity index (χ4v) is 3.76. The number of ether oxygens (including phenoxy) is 1. The summed E-state index contributed by atoms with van der Waals surface area (Å²) in [5.41, 5.74) is 7.53. The van der Waals surface area contributed by atoms with Crippen LogP contribution in [0.4, 0.5) is 5.82 Å². The predicted octanol–water partition coefficient (Wildman–Crippen LogP) is 1.11. The minimum Gasteiger partial charge on any atom is -0.396 e. The van der Waals surface area contributed by atoms with E-state index in [2.05, 4.69) is 21.8 Å². The second-order valence-corrected chi connectivity index (χ2v) is 7.73. The van der Waals surface area contributed by atoms with E-state index in [-0.39, 0.29) is 18.8 Å². The fraction of sp³-hybridized carbons (Fsp3) is 0.364. The summed E-state index contributed by atoms with van der Waals surface area (Å²) in [5, 5.41) is 31.3. The maximum absolute atomic E-state index is 11.0. The van der Waals surface area contributed by atoms with Crippen LogP contribution in [0.25, 0.3) is 11.0 Å². The lowest BCUT2D eigenvalue weighted by Crippen LogP contribution is -2.43. The van der Waals surface area contributed by atoms with E-state index in [1.165, 1.54) is 13.3 Å². The monoisotopic (exact) mass is 408 g/mol. The number of rotatable bonds is 3. The largest absolute Gasteiger partial charge is 0.396 e. The van der Waals surface area contributed by atoms with Gasteiger partial charge < -0.3 is 30.4 Å². The van der Waals surface area contributed by atoms with Crippen LogP contribution in [0.3, 0.4) is 0 Å². The van der Waals surface area contributed by atoms with Crippen LogP contribution in [-0.2, 0) is 4.74 Å². The van der Waals surface area contributed by atoms with E-state index in [1.807, 2.05) is 31.2 Å². The Morgan fingerprint density at radius 1 is 1.23 bits per heavy atom. The van der Waals surface area contributed by atoms with Gasteiger partial charge in [0.25, 0.3) is 0 Å². The Labute approximate surface area is 174 Å². The normalized spacial score (nSPS) is 26.0. The number of anilines is 1. The third-order valence-corrected chi connectivity index (χ3v) is 5.45. The first-order valence-corrected chi connectivity index (χ1v) is 9.69. The van der Waals surface area contributed by atoms with Gasteiger partial charge in [0.05, 0.1) is 17.1 Å². The summed E-state index contributed by atoms with van der Waals surface area (Å²) in [6.07, 6.45) is 0.406. The first-order chi connectivity index (χ1) is 14.3. The summed E-state index contributed by atoms with van der Waals surface area (Å²) in [5.74, 6) is 6.48. The lowest BCUT2D eigenvalue weighted by molar-refractivity contribution is -0.0941. The van der Waals surface area contributed by atoms with Crippen molar-refractivity contribution in [3.05, 3.63) is 53.5 Å². The van der Waals surface area contributed by atoms with E-state index in [9.17, 15) is 15.3 Å². The lowest BCUT2D eigenvalue weighted by atomic mass is 9.95. The van der Waals surface area contributed by atoms with E-state index >= 15 is 0 Å². The maximum atomic E-state index is 11.0. The molecular formula is C22H24N4O4. The first-order valence-electron chi connectivity index (χ1n) is 9.69. The third-order valence-electron chi connectivity index (χ3n) is 5.45. The summed E-state index contributed by atoms with van der Waals surface area (Å²) in [7, 11) is 0. The molecule has 0 bridgehead atoms. The van der Waals surface area contributed by atoms with Gasteiger partial charge in [-0.3, -0.25) is 0 Å². The number of aryl methyl sites for hydroxylation is 1. The Kier molecular flexibility index (Phi) is 5.22. The van der Waals surface area contributed by atoms with Crippen molar-refractivity contribution in [2.75, 3.05) is 12.3 Å². The summed E-state index contributed by atoms with van der Waals surface area (Å²) in [6.45, 7) is 3.34. The highest BCUT2D eigenvalue weighted by atomic mass is 16.6. The number of hydrogen-bond acceptors (Lipinski definition) is 7. The van der Waals surface area contributed by atoms with Gasteiger partial charge in [-0.1, -0.05) is 29.5 Å². The first kappa shape index (κ1) is 20.3. The van der Waals surface area contributed by atoms with Crippen molar-refractivity contribution >= 4 is 16.9 Å². The third kappa shape index (κ3) is 3.42. The number of fused-ring (bicyclic) bond motifs is 1. The Morgan fingerprint density at radius 2 is 1.97 bits per heavy atom. The van der Waals surface area contributed by atoms with Crippen LogP contribution in [0.15, 0.2) is 36.8 Å². The summed E-state index contributed by atoms with van der Waals surface area (Å²) in [6, 6.07) is 7.83. The number of hydrogen-bond donors (Lipinski definition) is 4. The van der Waals surface area contributed by atoms with Gasteiger partial charge in [-0.25, -0.2) is 9.97 Å². The van der Waals surface area contributed by atoms with Gasteiger partial charge >= 0.3 is 0 Å². The number of benzene rings is 1. The van der Waals surface area contributed by atoms with E-state index < -0.39 is 24.0 Å². The molecule has 2 aromatic heterocycles. The topological polar surface area (TPSA) is 127 Å². The molecule has 1 fully saturated rings. The van der Waals surface area contributed by atoms with Gasteiger partial charge in [0.1, 0.15) is 29.5 Å². The van der Waals surface area contributed by atoms with Gasteiger partial charge in [-0.15, -0.1) is 0 Å². The van der Waals surface area contributed by atoms with Gasteiger partial charge in [-0.05, 0) is 32.4 Å². The standard InChI is InChI=1S/C22H24N4O4/c1-13-3-5-14(6-4-13)7-8-15-11-26(20-17(15)19(23)24-12-25-20)21-22(2,29)18(28)16(30-21)9-10-27/h3-6,11-12,16,18,21,27-29H,9-10H2,1-2H3,(H2,23,24,25)/t16?,18?,21?,22-/m1/s1. The van der Waals surface area contributed by atoms with Gasteiger partial charge in [-0.2, -0.15) is 0 Å². The molecule has 30 heavy (non-hydrogen) atoms. The van der Waals surface area contributed by atoms with Crippen LogP contribution in [0.1, 0.15) is 36.3 Å². The molecule has 5 N–H and O–H groups in total. The van der Waals surface area contributed by atoms with Crippen LogP contribution >= 0.6 is 0 Å². The van der Waals surface area contributed by atoms with E-state index in [0.717, 1.165) is 11.1 Å². The molecule has 1 aliphatic heterocycles. The average molecular weight is 408 g/mol. The Morgan fingerprint density at radius 3 is 2.67 bits per heavy atom. The van der Waals surface area contributed by atoms with Crippen molar-refractivity contribution in [1.29, 1.82) is 0 Å². The minimum absolute atomic E-state index is 0.167. The number of aliphatic hydroxyl groups is 3. The second-order valence-electron chi connectivity index (χ2n) is 7.73. The van der Waals surface area contributed by atoms with Crippen LogP contribution in [0, 0.1) is 18.8 Å². The van der Waals surface area contributed by atoms with Crippen LogP contribution in [-0.4, -0.2) is 54.3 Å². The highest BCUT2D eigenvalue weighted by molar-refractivity contribution is 5.92. The van der Waals surface area contributed by atoms with Gasteiger partial charge in [0.2, 0.25) is 0 Å². The Balaban J connectivity index is 1.81. The minimum atomic E-state index is -1.60. The summed E-state index contributed by atoms with van der Waals surface area (Å²) in [4.78, 5) is 8.39. The average Bonchev–Trinajstić information content (AvgIpc) is 3.19. The molecule has 8 nitrogen and oxygen atoms in total. The second kappa shape index (κ2) is 7.70. The SMILES string of the molecule is Cc1ccc(C#Cc2cn(C3OC(CCO)C(O)[C@@]3(C)O)c3ncnc(N)c23)cc1. The molecule has 1 saturated heterocycles. The number of aliphatic hydroxyl groups excluding tert-OH is 2. The number of nitrogen functional groups attached to an aromatic ring is 1. The molecule has 4 atom stereocenters. The van der Waals surface area contributed by atoms with Crippen LogP contribution in [0.2, 0.25) is 0 Å². The molecule has 3 aromatic rings. The molecule has 0 saturated carbocycles. The number of aromatic nitrogens is 3. The summed E-state index contributed by atoms with van der Waals surface area (Å²) >= 11 is 0. The molecule has 1 aromatic carbocycles. The Bertz CT molecular complexity index is 1130. The molecule has 0 spiro atoms. The number of nitrogens with zero attached hydrogens (tertiary/aromatic N) is 3. The van der Waals surface area contributed by atoms with E-state index in [1.54, 1.807) is 10.8 Å². The molecule has 156 valence electrons. The summed E-state index contributed by atoms with van der Waals surface area (Å²) < 4.78 is 7.52. The van der Waals surface area contributed by atoms with Crippen molar-refractivity contribution in [3.63, 3.8) is 0 Å². The molecule has 0 amide bonds. The molecule has 3 unspecified atom stereocenters. The molecule has 3 heterocycles. The van der Waals surface area contributed by atoms with Crippen molar-refractivity contribution < 1.29 is 20.1 Å². The quantitative estimate of drug-likeness (QED) is 0.478. The van der Waals surface area contributed by atoms with Crippen molar-refractivity contribution in [1.82, 2.24) is 14.5 Å². The Hall–Kier alpha value is -2.96. The lowest BCUT2D eigenvalue weighted by Gasteiger charge is -2.27. The van der Waals surface area contributed by atoms with Crippen molar-refractivity contribution in [2.45, 2.75) is 44.3 Å². The molecular weight excluding hydrogens is 384 g/mol. The molecule has 0 radical (unpaired) electrons. The highest BCUT2D eigenvalue weighted by Gasteiger charge is 2.53. The van der Waals surface area contributed by atoms with Crippen LogP contribution in [0.5, 0.6) is 0 Å². The fourth-order valence-electron chi connectivity index (χ4n) is 3.76. The zero-order valence-corrected chi connectivity index (χ0v) is 16.8. The number of nitrogens with two attached hydrogens (primary N) is 1. The van der Waals surface area contributed by atoms with E-state index in [4.69, 9.17) is 10.5 Å². The molecule has 8 heteroatoms. The zero-order chi connectivity index (χ0) is 21.5. The molecule has 0 aliphatic carbocycles. The van der Waals surface area contributed by atoms with E-state index in [0.29, 0.717) is 16.6 Å². The van der Waals surface area contributed by atoms with Crippen LogP contribution < -0.4 is 5.73 Å². The maximum Gasteiger partial charge on any atom is 0.166 e. The van der Waals surface area contributed by atoms with Gasteiger partial charge in [0, 0.05) is 18.4 Å². The predicted molar refractivity (Wildman–Crippen MR) is 111 cm³/mol.